The molecule has 0 aliphatic rings. The molecule has 1 unspecified atom stereocenters. The van der Waals surface area contributed by atoms with Crippen molar-refractivity contribution in [3.05, 3.63) is 77.4 Å². The molecule has 0 saturated carbocycles. The van der Waals surface area contributed by atoms with Gasteiger partial charge >= 0.3 is 11.9 Å². The highest BCUT2D eigenvalue weighted by Gasteiger charge is 2.39. The van der Waals surface area contributed by atoms with Gasteiger partial charge in [-0.05, 0) is 35.8 Å². The van der Waals surface area contributed by atoms with Gasteiger partial charge in [0.05, 0.1) is 13.7 Å². The number of carbonyl (C=O) groups excluding carboxylic acids is 3. The molecule has 2 aromatic rings. The number of rotatable bonds is 10. The highest BCUT2D eigenvalue weighted by Crippen LogP contribution is 2.23. The predicted molar refractivity (Wildman–Crippen MR) is 121 cm³/mol. The maximum absolute atomic E-state index is 12.6. The van der Waals surface area contributed by atoms with Crippen LogP contribution >= 0.6 is 0 Å². The van der Waals surface area contributed by atoms with Crippen LogP contribution in [0.25, 0.3) is 6.08 Å². The summed E-state index contributed by atoms with van der Waals surface area (Å²) in [5.74, 6) is -1.38. The molecule has 7 heteroatoms. The summed E-state index contributed by atoms with van der Waals surface area (Å²) in [7, 11) is 2.97. The average molecular weight is 440 g/mol. The van der Waals surface area contributed by atoms with Gasteiger partial charge in [0.2, 0.25) is 0 Å². The fraction of sp³-hybridized carbons (Fsp3) is 0.320. The fourth-order valence-corrected chi connectivity index (χ4v) is 3.05. The summed E-state index contributed by atoms with van der Waals surface area (Å²) >= 11 is 0. The first-order valence-electron chi connectivity index (χ1n) is 10.3. The Morgan fingerprint density at radius 3 is 2.28 bits per heavy atom. The van der Waals surface area contributed by atoms with E-state index in [9.17, 15) is 19.5 Å². The molecule has 0 heterocycles. The van der Waals surface area contributed by atoms with Crippen LogP contribution in [-0.4, -0.2) is 55.2 Å². The van der Waals surface area contributed by atoms with E-state index in [0.717, 1.165) is 5.56 Å². The van der Waals surface area contributed by atoms with Crippen molar-refractivity contribution in [3.8, 4) is 0 Å². The minimum absolute atomic E-state index is 0.105. The van der Waals surface area contributed by atoms with Gasteiger partial charge in [-0.1, -0.05) is 49.4 Å². The van der Waals surface area contributed by atoms with E-state index in [1.807, 2.05) is 30.3 Å². The summed E-state index contributed by atoms with van der Waals surface area (Å²) < 4.78 is 9.84. The number of esters is 2. The Kier molecular flexibility index (Phi) is 9.16. The summed E-state index contributed by atoms with van der Waals surface area (Å²) in [5.41, 5.74) is 1.02. The van der Waals surface area contributed by atoms with Crippen LogP contribution in [0.2, 0.25) is 0 Å². The van der Waals surface area contributed by atoms with E-state index in [1.165, 1.54) is 13.2 Å². The van der Waals surface area contributed by atoms with Gasteiger partial charge in [0.15, 0.2) is 0 Å². The van der Waals surface area contributed by atoms with Crippen LogP contribution in [0.1, 0.15) is 34.8 Å². The van der Waals surface area contributed by atoms with Gasteiger partial charge in [0.1, 0.15) is 12.0 Å². The first-order valence-corrected chi connectivity index (χ1v) is 10.3. The number of aliphatic hydroxyl groups is 1. The Balaban J connectivity index is 1.94. The summed E-state index contributed by atoms with van der Waals surface area (Å²) in [4.78, 5) is 38.2. The minimum Gasteiger partial charge on any atom is -0.468 e. The number of ether oxygens (including phenoxy) is 2. The molecule has 7 nitrogen and oxygen atoms in total. The maximum Gasteiger partial charge on any atom is 0.330 e. The van der Waals surface area contributed by atoms with Gasteiger partial charge in [0, 0.05) is 25.2 Å². The van der Waals surface area contributed by atoms with Crippen molar-refractivity contribution in [2.45, 2.75) is 19.9 Å². The normalized spacial score (nSPS) is 12.8. The zero-order chi connectivity index (χ0) is 23.6. The number of amides is 1. The molecule has 0 bridgehead atoms. The van der Waals surface area contributed by atoms with Crippen LogP contribution in [0.3, 0.4) is 0 Å². The van der Waals surface area contributed by atoms with Gasteiger partial charge in [0.25, 0.3) is 5.91 Å². The van der Waals surface area contributed by atoms with E-state index >= 15 is 0 Å². The van der Waals surface area contributed by atoms with E-state index in [4.69, 9.17) is 9.47 Å². The van der Waals surface area contributed by atoms with Crippen LogP contribution in [-0.2, 0) is 25.6 Å². The smallest absolute Gasteiger partial charge is 0.330 e. The van der Waals surface area contributed by atoms with Gasteiger partial charge in [-0.3, -0.25) is 9.59 Å². The lowest BCUT2D eigenvalue weighted by molar-refractivity contribution is -0.163. The van der Waals surface area contributed by atoms with Crippen LogP contribution in [0.4, 0.5) is 0 Å². The Morgan fingerprint density at radius 1 is 1.06 bits per heavy atom. The third kappa shape index (κ3) is 6.52. The number of carbonyl (C=O) groups is 3. The number of nitrogens with zero attached hydrogens (tertiary/aromatic N) is 1. The van der Waals surface area contributed by atoms with Crippen molar-refractivity contribution in [2.24, 2.45) is 5.41 Å². The second-order valence-corrected chi connectivity index (χ2v) is 7.49. The second-order valence-electron chi connectivity index (χ2n) is 7.49. The molecule has 170 valence electrons. The van der Waals surface area contributed by atoms with E-state index in [0.29, 0.717) is 17.7 Å². The molecule has 0 fully saturated rings. The maximum atomic E-state index is 12.6. The van der Waals surface area contributed by atoms with E-state index in [-0.39, 0.29) is 18.9 Å². The second kappa shape index (κ2) is 11.8. The molecule has 32 heavy (non-hydrogen) atoms. The molecule has 0 saturated heterocycles. The zero-order valence-electron chi connectivity index (χ0n) is 18.6. The van der Waals surface area contributed by atoms with Crippen LogP contribution in [0.5, 0.6) is 0 Å². The van der Waals surface area contributed by atoms with Gasteiger partial charge in [-0.25, -0.2) is 4.79 Å². The predicted octanol–water partition coefficient (Wildman–Crippen LogP) is 3.08. The third-order valence-corrected chi connectivity index (χ3v) is 5.27. The van der Waals surface area contributed by atoms with Crippen molar-refractivity contribution in [1.82, 2.24) is 4.90 Å². The summed E-state index contributed by atoms with van der Waals surface area (Å²) in [5, 5.41) is 9.55. The molecule has 0 aliphatic heterocycles. The van der Waals surface area contributed by atoms with Crippen molar-refractivity contribution in [3.63, 3.8) is 0 Å². The number of hydrogen-bond acceptors (Lipinski definition) is 6. The van der Waals surface area contributed by atoms with Crippen molar-refractivity contribution in [1.29, 1.82) is 0 Å². The van der Waals surface area contributed by atoms with Gasteiger partial charge in [-0.2, -0.15) is 0 Å². The SMILES string of the molecule is CCC(CO)(COC(=O)/C=C/c1ccc(C(=O)N(C)Cc2ccccc2)cc1)C(=O)OC. The summed E-state index contributed by atoms with van der Waals surface area (Å²) in [6.45, 7) is 1.45. The lowest BCUT2D eigenvalue weighted by Crippen LogP contribution is -2.40. The molecule has 1 N–H and O–H groups in total. The number of methoxy groups -OCH3 is 1. The molecular formula is C25H29NO6. The Bertz CT molecular complexity index is 933. The topological polar surface area (TPSA) is 93.1 Å². The van der Waals surface area contributed by atoms with Crippen molar-refractivity contribution >= 4 is 23.9 Å². The average Bonchev–Trinajstić information content (AvgIpc) is 2.83. The Morgan fingerprint density at radius 2 is 1.72 bits per heavy atom. The van der Waals surface area contributed by atoms with Crippen molar-refractivity contribution in [2.75, 3.05) is 27.4 Å². The standard InChI is InChI=1S/C25H29NO6/c1-4-25(17-27,24(30)31-3)18-32-22(28)15-12-19-10-13-21(14-11-19)23(29)26(2)16-20-8-6-5-7-9-20/h5-15,27H,4,16-18H2,1-3H3/b15-12+. The molecule has 0 spiro atoms. The molecule has 0 aromatic heterocycles. The van der Waals surface area contributed by atoms with E-state index in [2.05, 4.69) is 0 Å². The number of hydrogen-bond donors (Lipinski definition) is 1. The molecule has 2 rings (SSSR count). The zero-order valence-corrected chi connectivity index (χ0v) is 18.6. The minimum atomic E-state index is -1.27. The first kappa shape index (κ1) is 24.8. The largest absolute Gasteiger partial charge is 0.468 e. The molecular weight excluding hydrogens is 410 g/mol. The summed E-state index contributed by atoms with van der Waals surface area (Å²) in [6, 6.07) is 16.6. The van der Waals surface area contributed by atoms with E-state index < -0.39 is 24.0 Å². The Hall–Kier alpha value is -3.45. The first-order chi connectivity index (χ1) is 15.3. The monoisotopic (exact) mass is 439 g/mol. The molecule has 2 aromatic carbocycles. The third-order valence-electron chi connectivity index (χ3n) is 5.27. The van der Waals surface area contributed by atoms with E-state index in [1.54, 1.807) is 49.2 Å². The molecule has 0 aliphatic carbocycles. The van der Waals surface area contributed by atoms with Crippen LogP contribution in [0, 0.1) is 5.41 Å². The number of benzene rings is 2. The highest BCUT2D eigenvalue weighted by atomic mass is 16.5. The van der Waals surface area contributed by atoms with Gasteiger partial charge < -0.3 is 19.5 Å². The fourth-order valence-electron chi connectivity index (χ4n) is 3.05. The number of aliphatic hydroxyl groups excluding tert-OH is 1. The van der Waals surface area contributed by atoms with Crippen LogP contribution < -0.4 is 0 Å². The Labute approximate surface area is 188 Å². The highest BCUT2D eigenvalue weighted by molar-refractivity contribution is 5.94. The quantitative estimate of drug-likeness (QED) is 0.452. The lowest BCUT2D eigenvalue weighted by atomic mass is 9.87. The van der Waals surface area contributed by atoms with Gasteiger partial charge in [-0.15, -0.1) is 0 Å². The van der Waals surface area contributed by atoms with Crippen LogP contribution in [0.15, 0.2) is 60.7 Å². The molecule has 1 amide bonds. The summed E-state index contributed by atoms with van der Waals surface area (Å²) in [6.07, 6.45) is 3.05. The molecule has 0 radical (unpaired) electrons. The molecule has 1 atom stereocenters. The lowest BCUT2D eigenvalue weighted by Gasteiger charge is -2.26. The van der Waals surface area contributed by atoms with Crippen molar-refractivity contribution < 1.29 is 29.0 Å².